The summed E-state index contributed by atoms with van der Waals surface area (Å²) in [6.07, 6.45) is 8.37. The molecule has 0 amide bonds. The van der Waals surface area contributed by atoms with Crippen LogP contribution in [0.4, 0.5) is 0 Å². The van der Waals surface area contributed by atoms with E-state index in [4.69, 9.17) is 9.97 Å². The van der Waals surface area contributed by atoms with Crippen molar-refractivity contribution >= 4 is 26.7 Å². The van der Waals surface area contributed by atoms with Gasteiger partial charge in [0.1, 0.15) is 0 Å². The average Bonchev–Trinajstić information content (AvgIpc) is 2.80. The molecule has 182 valence electrons. The molecule has 0 radical (unpaired) electrons. The number of benzene rings is 1. The molecule has 0 aliphatic rings. The predicted octanol–water partition coefficient (Wildman–Crippen LogP) is 7.81. The van der Waals surface area contributed by atoms with Gasteiger partial charge >= 0.3 is 0 Å². The maximum Gasteiger partial charge on any atom is 0.0639 e. The number of hydrogen-bond donors (Lipinski definition) is 0. The monoisotopic (exact) mass is 492 g/mol. The maximum atomic E-state index is 4.93. The van der Waals surface area contributed by atoms with Crippen molar-refractivity contribution in [3.63, 3.8) is 0 Å². The van der Waals surface area contributed by atoms with Gasteiger partial charge in [0, 0.05) is 12.4 Å². The molecular formula is C30H42N2P2. The molecule has 4 heteroatoms. The van der Waals surface area contributed by atoms with E-state index in [0.29, 0.717) is 0 Å². The van der Waals surface area contributed by atoms with E-state index in [2.05, 4.69) is 116 Å². The lowest BCUT2D eigenvalue weighted by Crippen LogP contribution is -2.24. The van der Waals surface area contributed by atoms with Crippen molar-refractivity contribution in [2.45, 2.75) is 90.9 Å². The van der Waals surface area contributed by atoms with E-state index in [1.165, 1.54) is 33.1 Å². The fraction of sp³-hybridized carbons (Fsp3) is 0.467. The van der Waals surface area contributed by atoms with Crippen LogP contribution in [0.5, 0.6) is 0 Å². The van der Waals surface area contributed by atoms with Crippen LogP contribution in [-0.4, -0.2) is 20.3 Å². The molecule has 0 bridgehead atoms. The van der Waals surface area contributed by atoms with Gasteiger partial charge in [-0.2, -0.15) is 0 Å². The molecular weight excluding hydrogens is 450 g/mol. The number of rotatable bonds is 8. The van der Waals surface area contributed by atoms with Crippen molar-refractivity contribution < 1.29 is 0 Å². The standard InChI is InChI=1S/C30H42N2P2/c1-9-23-15-17-27(31-19-23)33(29(3,4)5)21-25-13-11-12-14-26(25)22-34(30(6,7)8)28-18-16-24(10-2)20-32-28/h11-20H,9-10,21-22H2,1-8H3. The van der Waals surface area contributed by atoms with Crippen molar-refractivity contribution in [2.24, 2.45) is 0 Å². The minimum atomic E-state index is -0.440. The highest BCUT2D eigenvalue weighted by Crippen LogP contribution is 2.54. The summed E-state index contributed by atoms with van der Waals surface area (Å²) in [5.41, 5.74) is 8.11. The average molecular weight is 493 g/mol. The first-order valence-electron chi connectivity index (χ1n) is 12.5. The molecule has 2 aromatic heterocycles. The molecule has 2 nitrogen and oxygen atoms in total. The van der Waals surface area contributed by atoms with Gasteiger partial charge in [0.15, 0.2) is 0 Å². The molecule has 0 fully saturated rings. The Balaban J connectivity index is 1.94. The second-order valence-electron chi connectivity index (χ2n) is 11.0. The van der Waals surface area contributed by atoms with Gasteiger partial charge in [-0.1, -0.05) is 91.8 Å². The van der Waals surface area contributed by atoms with E-state index in [1.54, 1.807) is 0 Å². The molecule has 2 atom stereocenters. The summed E-state index contributed by atoms with van der Waals surface area (Å²) in [4.78, 5) is 9.86. The first kappa shape index (κ1) is 27.0. The van der Waals surface area contributed by atoms with E-state index in [0.717, 1.165) is 25.2 Å². The molecule has 1 aromatic carbocycles. The molecule has 0 saturated carbocycles. The van der Waals surface area contributed by atoms with Crippen LogP contribution in [0.3, 0.4) is 0 Å². The third kappa shape index (κ3) is 6.96. The van der Waals surface area contributed by atoms with Crippen molar-refractivity contribution in [1.82, 2.24) is 9.97 Å². The molecule has 0 spiro atoms. The Morgan fingerprint density at radius 1 is 0.588 bits per heavy atom. The summed E-state index contributed by atoms with van der Waals surface area (Å²) >= 11 is 0. The van der Waals surface area contributed by atoms with Crippen LogP contribution in [-0.2, 0) is 25.2 Å². The van der Waals surface area contributed by atoms with Gasteiger partial charge in [-0.3, -0.25) is 9.97 Å². The number of aryl methyl sites for hydroxylation is 2. The van der Waals surface area contributed by atoms with Crippen molar-refractivity contribution in [3.8, 4) is 0 Å². The third-order valence-corrected chi connectivity index (χ3v) is 12.6. The Labute approximate surface area is 210 Å². The Hall–Kier alpha value is -1.62. The number of aromatic nitrogens is 2. The van der Waals surface area contributed by atoms with Gasteiger partial charge in [0.25, 0.3) is 0 Å². The predicted molar refractivity (Wildman–Crippen MR) is 154 cm³/mol. The molecule has 0 N–H and O–H groups in total. The summed E-state index contributed by atoms with van der Waals surface area (Å²) in [5.74, 6) is 0. The lowest BCUT2D eigenvalue weighted by atomic mass is 10.1. The van der Waals surface area contributed by atoms with Gasteiger partial charge in [0.05, 0.1) is 10.9 Å². The molecule has 34 heavy (non-hydrogen) atoms. The van der Waals surface area contributed by atoms with Crippen molar-refractivity contribution in [2.75, 3.05) is 0 Å². The number of nitrogens with zero attached hydrogens (tertiary/aromatic N) is 2. The molecule has 3 rings (SSSR count). The topological polar surface area (TPSA) is 25.8 Å². The van der Waals surface area contributed by atoms with E-state index in [1.807, 2.05) is 0 Å². The summed E-state index contributed by atoms with van der Waals surface area (Å²) in [6.45, 7) is 18.6. The second-order valence-corrected chi connectivity index (χ2v) is 17.0. The SMILES string of the molecule is CCc1ccc(P(Cc2ccccc2CP(c2ccc(CC)cn2)C(C)(C)C)C(C)(C)C)nc1. The summed E-state index contributed by atoms with van der Waals surface area (Å²) in [7, 11) is -0.880. The molecule has 0 aliphatic heterocycles. The summed E-state index contributed by atoms with van der Waals surface area (Å²) in [5, 5.41) is 0.380. The summed E-state index contributed by atoms with van der Waals surface area (Å²) in [6, 6.07) is 18.2. The fourth-order valence-corrected chi connectivity index (χ4v) is 8.95. The molecule has 2 unspecified atom stereocenters. The van der Waals surface area contributed by atoms with Crippen molar-refractivity contribution in [3.05, 3.63) is 83.2 Å². The Morgan fingerprint density at radius 3 is 1.24 bits per heavy atom. The smallest absolute Gasteiger partial charge is 0.0639 e. The van der Waals surface area contributed by atoms with Crippen LogP contribution >= 0.6 is 15.8 Å². The van der Waals surface area contributed by atoms with E-state index in [9.17, 15) is 0 Å². The largest absolute Gasteiger partial charge is 0.256 e. The minimum Gasteiger partial charge on any atom is -0.256 e. The quantitative estimate of drug-likeness (QED) is 0.300. The molecule has 2 heterocycles. The zero-order chi connectivity index (χ0) is 24.9. The molecule has 3 aromatic rings. The second kappa shape index (κ2) is 11.4. The minimum absolute atomic E-state index is 0.190. The van der Waals surface area contributed by atoms with Gasteiger partial charge in [0.2, 0.25) is 0 Å². The van der Waals surface area contributed by atoms with Crippen LogP contribution in [0.25, 0.3) is 0 Å². The highest BCUT2D eigenvalue weighted by atomic mass is 31.1. The van der Waals surface area contributed by atoms with Crippen molar-refractivity contribution in [1.29, 1.82) is 0 Å². The Bertz CT molecular complexity index is 958. The highest BCUT2D eigenvalue weighted by molar-refractivity contribution is 7.66. The highest BCUT2D eigenvalue weighted by Gasteiger charge is 2.30. The first-order valence-corrected chi connectivity index (χ1v) is 15.6. The first-order chi connectivity index (χ1) is 16.0. The third-order valence-electron chi connectivity index (χ3n) is 6.38. The zero-order valence-corrected chi connectivity index (χ0v) is 24.2. The molecule has 0 aliphatic carbocycles. The van der Waals surface area contributed by atoms with Crippen LogP contribution in [0.15, 0.2) is 60.9 Å². The van der Waals surface area contributed by atoms with Gasteiger partial charge < -0.3 is 0 Å². The van der Waals surface area contributed by atoms with Crippen LogP contribution < -0.4 is 10.9 Å². The Morgan fingerprint density at radius 2 is 0.971 bits per heavy atom. The van der Waals surface area contributed by atoms with Crippen LogP contribution in [0, 0.1) is 0 Å². The van der Waals surface area contributed by atoms with E-state index >= 15 is 0 Å². The van der Waals surface area contributed by atoms with Gasteiger partial charge in [-0.05, 0) is 85.7 Å². The van der Waals surface area contributed by atoms with Gasteiger partial charge in [-0.25, -0.2) is 0 Å². The number of hydrogen-bond acceptors (Lipinski definition) is 2. The van der Waals surface area contributed by atoms with E-state index < -0.39 is 15.8 Å². The lowest BCUT2D eigenvalue weighted by Gasteiger charge is -2.34. The zero-order valence-electron chi connectivity index (χ0n) is 22.4. The van der Waals surface area contributed by atoms with E-state index in [-0.39, 0.29) is 10.3 Å². The number of pyridine rings is 2. The van der Waals surface area contributed by atoms with Crippen LogP contribution in [0.2, 0.25) is 0 Å². The lowest BCUT2D eigenvalue weighted by molar-refractivity contribution is 0.781. The Kier molecular flexibility index (Phi) is 9.05. The maximum absolute atomic E-state index is 4.93. The normalized spacial score (nSPS) is 14.1. The van der Waals surface area contributed by atoms with Gasteiger partial charge in [-0.15, -0.1) is 0 Å². The fourth-order valence-electron chi connectivity index (χ4n) is 4.10. The summed E-state index contributed by atoms with van der Waals surface area (Å²) < 4.78 is 0. The van der Waals surface area contributed by atoms with Crippen LogP contribution in [0.1, 0.15) is 77.6 Å². The molecule has 0 saturated heterocycles.